The van der Waals surface area contributed by atoms with Gasteiger partial charge in [-0.05, 0) is 32.3 Å². The fraction of sp³-hybridized carbons (Fsp3) is 0.500. The van der Waals surface area contributed by atoms with Crippen LogP contribution >= 0.6 is 0 Å². The Kier molecular flexibility index (Phi) is 5.73. The Morgan fingerprint density at radius 1 is 1.46 bits per heavy atom. The molecule has 1 aromatic carbocycles. The van der Waals surface area contributed by atoms with Crippen molar-refractivity contribution in [1.82, 2.24) is 4.90 Å². The van der Waals surface area contributed by atoms with E-state index in [2.05, 4.69) is 5.32 Å². The van der Waals surface area contributed by atoms with E-state index < -0.39 is 11.0 Å². The first-order chi connectivity index (χ1) is 11.4. The van der Waals surface area contributed by atoms with E-state index in [9.17, 15) is 19.7 Å². The summed E-state index contributed by atoms with van der Waals surface area (Å²) in [5, 5.41) is 13.6. The third-order valence-corrected chi connectivity index (χ3v) is 4.01. The molecule has 1 aromatic rings. The van der Waals surface area contributed by atoms with Crippen LogP contribution in [0.3, 0.4) is 0 Å². The zero-order valence-corrected chi connectivity index (χ0v) is 13.8. The number of anilines is 1. The van der Waals surface area contributed by atoms with Crippen LogP contribution in [0.5, 0.6) is 0 Å². The van der Waals surface area contributed by atoms with Gasteiger partial charge in [-0.1, -0.05) is 6.07 Å². The molecular formula is C16H21N3O5. The highest BCUT2D eigenvalue weighted by Gasteiger charge is 2.29. The number of piperidine rings is 1. The molecule has 0 aliphatic carbocycles. The van der Waals surface area contributed by atoms with E-state index in [4.69, 9.17) is 4.74 Å². The molecule has 1 heterocycles. The number of nitro groups is 1. The standard InChI is InChI=1S/C16H21N3O5/c1-3-24-16(21)18-8-4-5-12(10-18)15(20)17-14-9-13(19(22)23)7-6-11(14)2/h6-7,9,12H,3-5,8,10H2,1-2H3,(H,17,20)/t12-/m0/s1. The summed E-state index contributed by atoms with van der Waals surface area (Å²) >= 11 is 0. The van der Waals surface area contributed by atoms with Gasteiger partial charge in [0.05, 0.1) is 23.1 Å². The van der Waals surface area contributed by atoms with Crippen molar-refractivity contribution < 1.29 is 19.2 Å². The lowest BCUT2D eigenvalue weighted by Gasteiger charge is -2.31. The van der Waals surface area contributed by atoms with Crippen LogP contribution in [0, 0.1) is 23.0 Å². The van der Waals surface area contributed by atoms with Crippen molar-refractivity contribution in [2.45, 2.75) is 26.7 Å². The lowest BCUT2D eigenvalue weighted by molar-refractivity contribution is -0.384. The molecule has 0 bridgehead atoms. The lowest BCUT2D eigenvalue weighted by Crippen LogP contribution is -2.44. The van der Waals surface area contributed by atoms with Gasteiger partial charge in [-0.2, -0.15) is 0 Å². The molecular weight excluding hydrogens is 314 g/mol. The Labute approximate surface area is 139 Å². The van der Waals surface area contributed by atoms with Crippen LogP contribution in [0.4, 0.5) is 16.2 Å². The maximum atomic E-state index is 12.5. The molecule has 2 amide bonds. The van der Waals surface area contributed by atoms with E-state index in [-0.39, 0.29) is 17.5 Å². The van der Waals surface area contributed by atoms with Gasteiger partial charge in [0.2, 0.25) is 5.91 Å². The number of nitrogens with zero attached hydrogens (tertiary/aromatic N) is 2. The Bertz CT molecular complexity index is 647. The summed E-state index contributed by atoms with van der Waals surface area (Å²) in [5.41, 5.74) is 1.09. The van der Waals surface area contributed by atoms with Crippen molar-refractivity contribution in [2.75, 3.05) is 25.0 Å². The number of benzene rings is 1. The highest BCUT2D eigenvalue weighted by atomic mass is 16.6. The van der Waals surface area contributed by atoms with Gasteiger partial charge in [-0.3, -0.25) is 14.9 Å². The van der Waals surface area contributed by atoms with Crippen molar-refractivity contribution in [3.63, 3.8) is 0 Å². The fourth-order valence-corrected chi connectivity index (χ4v) is 2.66. The number of carbonyl (C=O) groups is 2. The highest BCUT2D eigenvalue weighted by molar-refractivity contribution is 5.94. The number of hydrogen-bond acceptors (Lipinski definition) is 5. The Balaban J connectivity index is 2.05. The van der Waals surface area contributed by atoms with E-state index in [1.165, 1.54) is 17.0 Å². The van der Waals surface area contributed by atoms with Crippen LogP contribution in [0.25, 0.3) is 0 Å². The molecule has 1 saturated heterocycles. The first kappa shape index (κ1) is 17.7. The summed E-state index contributed by atoms with van der Waals surface area (Å²) in [6.45, 7) is 4.65. The molecule has 130 valence electrons. The molecule has 1 aliphatic rings. The Hall–Kier alpha value is -2.64. The van der Waals surface area contributed by atoms with Gasteiger partial charge < -0.3 is 15.0 Å². The van der Waals surface area contributed by atoms with Crippen molar-refractivity contribution >= 4 is 23.4 Å². The number of amides is 2. The van der Waals surface area contributed by atoms with Crippen LogP contribution in [-0.2, 0) is 9.53 Å². The smallest absolute Gasteiger partial charge is 0.409 e. The minimum atomic E-state index is -0.502. The molecule has 0 radical (unpaired) electrons. The second kappa shape index (κ2) is 7.76. The predicted molar refractivity (Wildman–Crippen MR) is 87.8 cm³/mol. The largest absolute Gasteiger partial charge is 0.450 e. The normalized spacial score (nSPS) is 17.2. The number of rotatable bonds is 4. The van der Waals surface area contributed by atoms with E-state index in [1.807, 2.05) is 0 Å². The van der Waals surface area contributed by atoms with Gasteiger partial charge in [0, 0.05) is 25.2 Å². The molecule has 1 fully saturated rings. The molecule has 1 aliphatic heterocycles. The molecule has 0 aromatic heterocycles. The second-order valence-electron chi connectivity index (χ2n) is 5.73. The molecule has 0 unspecified atom stereocenters. The van der Waals surface area contributed by atoms with Crippen molar-refractivity contribution in [1.29, 1.82) is 0 Å². The minimum Gasteiger partial charge on any atom is -0.450 e. The van der Waals surface area contributed by atoms with E-state index >= 15 is 0 Å². The summed E-state index contributed by atoms with van der Waals surface area (Å²) in [7, 11) is 0. The third-order valence-electron chi connectivity index (χ3n) is 4.01. The van der Waals surface area contributed by atoms with Crippen molar-refractivity contribution in [3.8, 4) is 0 Å². The molecule has 24 heavy (non-hydrogen) atoms. The zero-order chi connectivity index (χ0) is 17.7. The van der Waals surface area contributed by atoms with Gasteiger partial charge in [-0.25, -0.2) is 4.79 Å². The SMILES string of the molecule is CCOC(=O)N1CCC[C@H](C(=O)Nc2cc([N+](=O)[O-])ccc2C)C1. The van der Waals surface area contributed by atoms with Crippen LogP contribution in [0.1, 0.15) is 25.3 Å². The van der Waals surface area contributed by atoms with E-state index in [0.717, 1.165) is 5.56 Å². The van der Waals surface area contributed by atoms with E-state index in [1.54, 1.807) is 19.9 Å². The molecule has 0 saturated carbocycles. The van der Waals surface area contributed by atoms with Crippen LogP contribution in [-0.4, -0.2) is 41.5 Å². The maximum absolute atomic E-state index is 12.5. The average Bonchev–Trinajstić information content (AvgIpc) is 2.57. The number of nitrogens with one attached hydrogen (secondary N) is 1. The average molecular weight is 335 g/mol. The van der Waals surface area contributed by atoms with Crippen LogP contribution in [0.15, 0.2) is 18.2 Å². The summed E-state index contributed by atoms with van der Waals surface area (Å²) in [4.78, 5) is 36.2. The summed E-state index contributed by atoms with van der Waals surface area (Å²) in [6, 6.07) is 4.34. The van der Waals surface area contributed by atoms with Crippen LogP contribution < -0.4 is 5.32 Å². The van der Waals surface area contributed by atoms with Gasteiger partial charge in [0.25, 0.3) is 5.69 Å². The second-order valence-corrected chi connectivity index (χ2v) is 5.73. The Morgan fingerprint density at radius 2 is 2.21 bits per heavy atom. The minimum absolute atomic E-state index is 0.0762. The zero-order valence-electron chi connectivity index (χ0n) is 13.8. The number of likely N-dealkylation sites (tertiary alicyclic amines) is 1. The first-order valence-corrected chi connectivity index (χ1v) is 7.90. The number of aryl methyl sites for hydroxylation is 1. The molecule has 0 spiro atoms. The first-order valence-electron chi connectivity index (χ1n) is 7.90. The molecule has 8 heteroatoms. The number of non-ortho nitro benzene ring substituents is 1. The van der Waals surface area contributed by atoms with Crippen molar-refractivity contribution in [2.24, 2.45) is 5.92 Å². The summed E-state index contributed by atoms with van der Waals surface area (Å²) in [5.74, 6) is -0.602. The quantitative estimate of drug-likeness (QED) is 0.673. The molecule has 8 nitrogen and oxygen atoms in total. The van der Waals surface area contributed by atoms with Gasteiger partial charge in [0.1, 0.15) is 0 Å². The van der Waals surface area contributed by atoms with Gasteiger partial charge in [-0.15, -0.1) is 0 Å². The topological polar surface area (TPSA) is 102 Å². The number of carbonyl (C=O) groups excluding carboxylic acids is 2. The maximum Gasteiger partial charge on any atom is 0.409 e. The third kappa shape index (κ3) is 4.21. The fourth-order valence-electron chi connectivity index (χ4n) is 2.66. The summed E-state index contributed by atoms with van der Waals surface area (Å²) in [6.07, 6.45) is 0.960. The number of nitro benzene ring substituents is 1. The van der Waals surface area contributed by atoms with Gasteiger partial charge >= 0.3 is 6.09 Å². The molecule has 2 rings (SSSR count). The monoisotopic (exact) mass is 335 g/mol. The summed E-state index contributed by atoms with van der Waals surface area (Å²) < 4.78 is 4.97. The van der Waals surface area contributed by atoms with Crippen LogP contribution in [0.2, 0.25) is 0 Å². The number of ether oxygens (including phenoxy) is 1. The predicted octanol–water partition coefficient (Wildman–Crippen LogP) is 2.71. The number of hydrogen-bond donors (Lipinski definition) is 1. The molecule has 1 atom stereocenters. The molecule has 1 N–H and O–H groups in total. The lowest BCUT2D eigenvalue weighted by atomic mass is 9.97. The highest BCUT2D eigenvalue weighted by Crippen LogP contribution is 2.24. The van der Waals surface area contributed by atoms with Crippen molar-refractivity contribution in [3.05, 3.63) is 33.9 Å². The van der Waals surface area contributed by atoms with E-state index in [0.29, 0.717) is 38.2 Å². The Morgan fingerprint density at radius 3 is 2.88 bits per heavy atom. The van der Waals surface area contributed by atoms with Gasteiger partial charge in [0.15, 0.2) is 0 Å².